The van der Waals surface area contributed by atoms with Gasteiger partial charge in [0.1, 0.15) is 6.04 Å². The van der Waals surface area contributed by atoms with Crippen molar-refractivity contribution in [1.29, 1.82) is 0 Å². The second-order valence-electron chi connectivity index (χ2n) is 7.35. The third kappa shape index (κ3) is 6.68. The van der Waals surface area contributed by atoms with E-state index in [4.69, 9.17) is 16.3 Å². The van der Waals surface area contributed by atoms with Gasteiger partial charge >= 0.3 is 6.09 Å². The molecule has 1 unspecified atom stereocenters. The van der Waals surface area contributed by atoms with Gasteiger partial charge in [0.15, 0.2) is 5.06 Å². The number of ether oxygens (including phenoxy) is 1. The molecule has 10 heteroatoms. The summed E-state index contributed by atoms with van der Waals surface area (Å²) < 4.78 is 5.67. The van der Waals surface area contributed by atoms with E-state index in [0.29, 0.717) is 15.9 Å². The Morgan fingerprint density at radius 3 is 2.74 bits per heavy atom. The molecule has 2 aromatic rings. The lowest BCUT2D eigenvalue weighted by Gasteiger charge is -2.25. The minimum atomic E-state index is -1.01. The number of rotatable bonds is 6. The van der Waals surface area contributed by atoms with E-state index < -0.39 is 18.0 Å². The second kappa shape index (κ2) is 10.6. The summed E-state index contributed by atoms with van der Waals surface area (Å²) in [5.41, 5.74) is 2.23. The Morgan fingerprint density at radius 1 is 1.26 bits per heavy atom. The van der Waals surface area contributed by atoms with Crippen LogP contribution in [0.25, 0.3) is 0 Å². The van der Waals surface area contributed by atoms with Crippen molar-refractivity contribution in [1.82, 2.24) is 20.9 Å². The summed E-state index contributed by atoms with van der Waals surface area (Å²) in [6.07, 6.45) is 0.0879. The molecular formula is C21H25ClN4O4S. The van der Waals surface area contributed by atoms with Crippen LogP contribution in [0.2, 0.25) is 4.34 Å². The summed E-state index contributed by atoms with van der Waals surface area (Å²) in [7, 11) is 2.00. The number of carbonyl (C=O) groups excluding carboxylic acids is 3. The van der Waals surface area contributed by atoms with Gasteiger partial charge in [-0.05, 0) is 36.7 Å². The molecular weight excluding hydrogens is 440 g/mol. The van der Waals surface area contributed by atoms with E-state index in [9.17, 15) is 14.4 Å². The number of halogens is 1. The molecule has 1 aromatic heterocycles. The summed E-state index contributed by atoms with van der Waals surface area (Å²) in [6, 6.07) is 9.91. The van der Waals surface area contributed by atoms with Crippen LogP contribution in [-0.2, 0) is 16.0 Å². The molecule has 3 rings (SSSR count). The first-order chi connectivity index (χ1) is 14.8. The fourth-order valence-corrected chi connectivity index (χ4v) is 4.25. The summed E-state index contributed by atoms with van der Waals surface area (Å²) in [5, 5.41) is 8.44. The Hall–Kier alpha value is -2.62. The van der Waals surface area contributed by atoms with Crippen molar-refractivity contribution in [2.75, 3.05) is 26.7 Å². The first-order valence-corrected chi connectivity index (χ1v) is 11.1. The summed E-state index contributed by atoms with van der Waals surface area (Å²) in [4.78, 5) is 38.9. The molecule has 1 aliphatic heterocycles. The smallest absolute Gasteiger partial charge is 0.399 e. The third-order valence-electron chi connectivity index (χ3n) is 4.91. The number of fused-ring (bicyclic) bond motifs is 1. The van der Waals surface area contributed by atoms with Crippen LogP contribution < -0.4 is 20.7 Å². The van der Waals surface area contributed by atoms with E-state index in [1.807, 2.05) is 25.2 Å². The number of hydrogen-bond donors (Lipinski definition) is 3. The van der Waals surface area contributed by atoms with Gasteiger partial charge in [0.25, 0.3) is 0 Å². The van der Waals surface area contributed by atoms with E-state index in [1.54, 1.807) is 12.1 Å². The Kier molecular flexibility index (Phi) is 7.89. The quantitative estimate of drug-likeness (QED) is 0.609. The maximum atomic E-state index is 13.1. The number of carbonyl (C=O) groups is 3. The van der Waals surface area contributed by atoms with Crippen LogP contribution in [0.4, 0.5) is 4.79 Å². The van der Waals surface area contributed by atoms with Crippen molar-refractivity contribution in [3.8, 4) is 5.06 Å². The number of amides is 3. The van der Waals surface area contributed by atoms with Crippen LogP contribution in [0.15, 0.2) is 36.4 Å². The van der Waals surface area contributed by atoms with Crippen LogP contribution >= 0.6 is 22.9 Å². The van der Waals surface area contributed by atoms with Gasteiger partial charge < -0.3 is 25.6 Å². The molecule has 31 heavy (non-hydrogen) atoms. The van der Waals surface area contributed by atoms with Gasteiger partial charge in [0.05, 0.1) is 10.4 Å². The molecule has 0 saturated heterocycles. The molecule has 0 radical (unpaired) electrons. The van der Waals surface area contributed by atoms with E-state index in [0.717, 1.165) is 29.9 Å². The van der Waals surface area contributed by atoms with Gasteiger partial charge in [-0.1, -0.05) is 47.2 Å². The maximum Gasteiger partial charge on any atom is 0.414 e. The molecule has 3 N–H and O–H groups in total. The zero-order valence-electron chi connectivity index (χ0n) is 17.3. The van der Waals surface area contributed by atoms with Crippen molar-refractivity contribution in [2.24, 2.45) is 0 Å². The van der Waals surface area contributed by atoms with Gasteiger partial charge in [-0.3, -0.25) is 9.59 Å². The zero-order valence-corrected chi connectivity index (χ0v) is 18.9. The predicted octanol–water partition coefficient (Wildman–Crippen LogP) is 2.34. The summed E-state index contributed by atoms with van der Waals surface area (Å²) in [5.74, 6) is -0.720. The topological polar surface area (TPSA) is 99.8 Å². The Balaban J connectivity index is 1.71. The molecule has 166 valence electrons. The Morgan fingerprint density at radius 2 is 2.03 bits per heavy atom. The largest absolute Gasteiger partial charge is 0.414 e. The van der Waals surface area contributed by atoms with Crippen molar-refractivity contribution >= 4 is 40.8 Å². The fraction of sp³-hybridized carbons (Fsp3) is 0.381. The van der Waals surface area contributed by atoms with Gasteiger partial charge in [0.2, 0.25) is 11.8 Å². The van der Waals surface area contributed by atoms with E-state index >= 15 is 0 Å². The van der Waals surface area contributed by atoms with Gasteiger partial charge in [-0.25, -0.2) is 4.79 Å². The predicted molar refractivity (Wildman–Crippen MR) is 119 cm³/mol. The van der Waals surface area contributed by atoms with Crippen LogP contribution in [0.5, 0.6) is 5.06 Å². The average molecular weight is 465 g/mol. The van der Waals surface area contributed by atoms with Crippen LogP contribution in [0, 0.1) is 0 Å². The minimum absolute atomic E-state index is 0.0638. The maximum absolute atomic E-state index is 13.1. The number of nitrogens with zero attached hydrogens (tertiary/aromatic N) is 1. The molecule has 0 bridgehead atoms. The first-order valence-electron chi connectivity index (χ1n) is 9.86. The van der Waals surface area contributed by atoms with Crippen molar-refractivity contribution in [3.05, 3.63) is 51.9 Å². The van der Waals surface area contributed by atoms with Crippen molar-refractivity contribution in [3.63, 3.8) is 0 Å². The van der Waals surface area contributed by atoms with Gasteiger partial charge in [-0.15, -0.1) is 0 Å². The molecule has 2 atom stereocenters. The SMILES string of the molecule is CC(=O)NC[C@@H](NC(=O)Oc1ccc(Cl)s1)C(=O)NC1CN(C)CCc2ccccc21. The monoisotopic (exact) mass is 464 g/mol. The molecule has 1 aromatic carbocycles. The molecule has 0 aliphatic carbocycles. The number of thiophene rings is 1. The number of likely N-dealkylation sites (N-methyl/N-ethyl adjacent to an activating group) is 1. The van der Waals surface area contributed by atoms with E-state index in [1.165, 1.54) is 12.5 Å². The summed E-state index contributed by atoms with van der Waals surface area (Å²) >= 11 is 6.95. The molecule has 3 amide bonds. The number of benzene rings is 1. The third-order valence-corrected chi connectivity index (χ3v) is 6.02. The highest BCUT2D eigenvalue weighted by Crippen LogP contribution is 2.28. The standard InChI is InChI=1S/C21H25ClN4O4S/c1-13(27)23-11-16(25-21(29)30-19-8-7-18(22)31-19)20(28)24-17-12-26(2)10-9-14-5-3-4-6-15(14)17/h3-8,16-17H,9-12H2,1-2H3,(H,23,27)(H,24,28)(H,25,29)/t16-,17?/m1/s1. The van der Waals surface area contributed by atoms with Crippen LogP contribution in [0.1, 0.15) is 24.1 Å². The highest BCUT2D eigenvalue weighted by molar-refractivity contribution is 7.17. The molecule has 0 saturated carbocycles. The van der Waals surface area contributed by atoms with Crippen molar-refractivity contribution in [2.45, 2.75) is 25.4 Å². The molecule has 2 heterocycles. The highest BCUT2D eigenvalue weighted by Gasteiger charge is 2.28. The van der Waals surface area contributed by atoms with Gasteiger partial charge in [-0.2, -0.15) is 0 Å². The lowest BCUT2D eigenvalue weighted by Crippen LogP contribution is -2.54. The Labute approximate surface area is 189 Å². The minimum Gasteiger partial charge on any atom is -0.399 e. The van der Waals surface area contributed by atoms with E-state index in [-0.39, 0.29) is 18.5 Å². The lowest BCUT2D eigenvalue weighted by atomic mass is 9.99. The summed E-state index contributed by atoms with van der Waals surface area (Å²) in [6.45, 7) is 2.80. The zero-order chi connectivity index (χ0) is 22.4. The fourth-order valence-electron chi connectivity index (χ4n) is 3.38. The van der Waals surface area contributed by atoms with Crippen LogP contribution in [0.3, 0.4) is 0 Å². The van der Waals surface area contributed by atoms with Crippen LogP contribution in [-0.4, -0.2) is 55.5 Å². The number of nitrogens with one attached hydrogen (secondary N) is 3. The molecule has 8 nitrogen and oxygen atoms in total. The molecule has 0 spiro atoms. The van der Waals surface area contributed by atoms with Gasteiger partial charge in [0, 0.05) is 26.6 Å². The van der Waals surface area contributed by atoms with E-state index in [2.05, 4.69) is 26.9 Å². The molecule has 1 aliphatic rings. The average Bonchev–Trinajstić information content (AvgIpc) is 3.05. The Bertz CT molecular complexity index is 951. The second-order valence-corrected chi connectivity index (χ2v) is 9.03. The first kappa shape index (κ1) is 23.1. The highest BCUT2D eigenvalue weighted by atomic mass is 35.5. The molecule has 0 fully saturated rings. The van der Waals surface area contributed by atoms with Crippen molar-refractivity contribution < 1.29 is 19.1 Å². The number of hydrogen-bond acceptors (Lipinski definition) is 6. The lowest BCUT2D eigenvalue weighted by molar-refractivity contribution is -0.124. The normalized spacial score (nSPS) is 17.1.